The van der Waals surface area contributed by atoms with E-state index in [2.05, 4.69) is 25.4 Å². The SMILES string of the molecule is CSC(C)(C)CNC1CCOC2(CCOC2)C1. The molecule has 0 radical (unpaired) electrons. The topological polar surface area (TPSA) is 30.5 Å². The van der Waals surface area contributed by atoms with Gasteiger partial charge in [0.05, 0.1) is 12.2 Å². The lowest BCUT2D eigenvalue weighted by Crippen LogP contribution is -2.49. The van der Waals surface area contributed by atoms with Crippen LogP contribution in [0.25, 0.3) is 0 Å². The van der Waals surface area contributed by atoms with E-state index < -0.39 is 0 Å². The van der Waals surface area contributed by atoms with Gasteiger partial charge in [-0.15, -0.1) is 0 Å². The molecule has 0 aliphatic carbocycles. The van der Waals surface area contributed by atoms with E-state index in [1.807, 2.05) is 11.8 Å². The van der Waals surface area contributed by atoms with Crippen molar-refractivity contribution in [2.45, 2.75) is 49.5 Å². The number of thioether (sulfide) groups is 1. The van der Waals surface area contributed by atoms with E-state index >= 15 is 0 Å². The zero-order valence-corrected chi connectivity index (χ0v) is 12.1. The average molecular weight is 259 g/mol. The van der Waals surface area contributed by atoms with Crippen LogP contribution in [0.2, 0.25) is 0 Å². The Bertz CT molecular complexity index is 252. The predicted octanol–water partition coefficient (Wildman–Crippen LogP) is 2.06. The average Bonchev–Trinajstić information content (AvgIpc) is 2.75. The van der Waals surface area contributed by atoms with Gasteiger partial charge in [0.25, 0.3) is 0 Å². The first kappa shape index (κ1) is 13.7. The molecule has 2 heterocycles. The van der Waals surface area contributed by atoms with E-state index in [0.717, 1.165) is 45.6 Å². The molecule has 2 aliphatic heterocycles. The molecule has 1 N–H and O–H groups in total. The Morgan fingerprint density at radius 3 is 2.88 bits per heavy atom. The summed E-state index contributed by atoms with van der Waals surface area (Å²) in [6.45, 7) is 8.17. The van der Waals surface area contributed by atoms with Gasteiger partial charge >= 0.3 is 0 Å². The molecule has 2 rings (SSSR count). The highest BCUT2D eigenvalue weighted by Gasteiger charge is 2.41. The maximum absolute atomic E-state index is 5.94. The smallest absolute Gasteiger partial charge is 0.0951 e. The molecule has 17 heavy (non-hydrogen) atoms. The van der Waals surface area contributed by atoms with Crippen LogP contribution in [0.5, 0.6) is 0 Å². The minimum Gasteiger partial charge on any atom is -0.378 e. The summed E-state index contributed by atoms with van der Waals surface area (Å²) in [7, 11) is 0. The molecule has 2 unspecified atom stereocenters. The van der Waals surface area contributed by atoms with E-state index in [-0.39, 0.29) is 5.60 Å². The molecule has 0 amide bonds. The van der Waals surface area contributed by atoms with Crippen LogP contribution in [-0.4, -0.2) is 49.0 Å². The van der Waals surface area contributed by atoms with E-state index in [0.29, 0.717) is 10.8 Å². The molecule has 1 spiro atoms. The molecule has 0 saturated carbocycles. The largest absolute Gasteiger partial charge is 0.378 e. The van der Waals surface area contributed by atoms with Gasteiger partial charge in [0.2, 0.25) is 0 Å². The van der Waals surface area contributed by atoms with Crippen LogP contribution in [0.15, 0.2) is 0 Å². The fourth-order valence-electron chi connectivity index (χ4n) is 2.53. The summed E-state index contributed by atoms with van der Waals surface area (Å²) >= 11 is 1.92. The minimum absolute atomic E-state index is 0.0272. The number of hydrogen-bond acceptors (Lipinski definition) is 4. The first-order valence-electron chi connectivity index (χ1n) is 6.56. The Morgan fingerprint density at radius 1 is 1.41 bits per heavy atom. The monoisotopic (exact) mass is 259 g/mol. The lowest BCUT2D eigenvalue weighted by Gasteiger charge is -2.38. The van der Waals surface area contributed by atoms with Crippen LogP contribution >= 0.6 is 11.8 Å². The quantitative estimate of drug-likeness (QED) is 0.837. The molecule has 0 bridgehead atoms. The second-order valence-electron chi connectivity index (χ2n) is 5.87. The van der Waals surface area contributed by atoms with Crippen LogP contribution in [-0.2, 0) is 9.47 Å². The Hall–Kier alpha value is 0.230. The Balaban J connectivity index is 1.81. The van der Waals surface area contributed by atoms with Crippen LogP contribution in [0.4, 0.5) is 0 Å². The lowest BCUT2D eigenvalue weighted by atomic mass is 9.89. The maximum atomic E-state index is 5.94. The first-order valence-corrected chi connectivity index (χ1v) is 7.78. The molecule has 2 saturated heterocycles. The fraction of sp³-hybridized carbons (Fsp3) is 1.00. The Labute approximate surface area is 109 Å². The molecule has 3 nitrogen and oxygen atoms in total. The zero-order valence-electron chi connectivity index (χ0n) is 11.3. The first-order chi connectivity index (χ1) is 8.05. The van der Waals surface area contributed by atoms with E-state index in [9.17, 15) is 0 Å². The Morgan fingerprint density at radius 2 is 2.24 bits per heavy atom. The normalized spacial score (nSPS) is 34.4. The second kappa shape index (κ2) is 5.47. The maximum Gasteiger partial charge on any atom is 0.0951 e. The lowest BCUT2D eigenvalue weighted by molar-refractivity contribution is -0.0893. The minimum atomic E-state index is 0.0272. The third-order valence-corrected chi connectivity index (χ3v) is 5.18. The third kappa shape index (κ3) is 3.60. The Kier molecular flexibility index (Phi) is 4.40. The van der Waals surface area contributed by atoms with Gasteiger partial charge in [-0.05, 0) is 32.9 Å². The van der Waals surface area contributed by atoms with Crippen LogP contribution in [0.1, 0.15) is 33.1 Å². The number of hydrogen-bond donors (Lipinski definition) is 1. The van der Waals surface area contributed by atoms with Crippen molar-refractivity contribution >= 4 is 11.8 Å². The highest BCUT2D eigenvalue weighted by Crippen LogP contribution is 2.33. The van der Waals surface area contributed by atoms with Crippen molar-refractivity contribution in [3.63, 3.8) is 0 Å². The van der Waals surface area contributed by atoms with Gasteiger partial charge in [-0.2, -0.15) is 11.8 Å². The third-order valence-electron chi connectivity index (χ3n) is 3.93. The van der Waals surface area contributed by atoms with Crippen molar-refractivity contribution in [3.8, 4) is 0 Å². The van der Waals surface area contributed by atoms with E-state index in [1.54, 1.807) is 0 Å². The van der Waals surface area contributed by atoms with Gasteiger partial charge in [-0.25, -0.2) is 0 Å². The molecule has 2 atom stereocenters. The van der Waals surface area contributed by atoms with Gasteiger partial charge in [0, 0.05) is 37.0 Å². The van der Waals surface area contributed by atoms with Crippen molar-refractivity contribution in [1.82, 2.24) is 5.32 Å². The van der Waals surface area contributed by atoms with Gasteiger partial charge < -0.3 is 14.8 Å². The van der Waals surface area contributed by atoms with Gasteiger partial charge in [0.15, 0.2) is 0 Å². The molecular formula is C13H25NO2S. The molecule has 0 aromatic rings. The fourth-order valence-corrected chi connectivity index (χ4v) is 2.76. The zero-order chi connectivity index (χ0) is 12.4. The highest BCUT2D eigenvalue weighted by molar-refractivity contribution is 7.99. The molecule has 4 heteroatoms. The summed E-state index contributed by atoms with van der Waals surface area (Å²) < 4.78 is 11.8. The molecule has 2 fully saturated rings. The van der Waals surface area contributed by atoms with Gasteiger partial charge in [-0.1, -0.05) is 0 Å². The molecule has 100 valence electrons. The van der Waals surface area contributed by atoms with Crippen LogP contribution in [0, 0.1) is 0 Å². The van der Waals surface area contributed by atoms with Crippen LogP contribution < -0.4 is 5.32 Å². The standard InChI is InChI=1S/C13H25NO2S/c1-12(2,17-3)9-14-11-4-6-16-13(8-11)5-7-15-10-13/h11,14H,4-10H2,1-3H3. The van der Waals surface area contributed by atoms with Gasteiger partial charge in [-0.3, -0.25) is 0 Å². The molecule has 2 aliphatic rings. The summed E-state index contributed by atoms with van der Waals surface area (Å²) in [4.78, 5) is 0. The summed E-state index contributed by atoms with van der Waals surface area (Å²) in [6.07, 6.45) is 5.48. The second-order valence-corrected chi connectivity index (χ2v) is 7.38. The predicted molar refractivity (Wildman–Crippen MR) is 72.7 cm³/mol. The summed E-state index contributed by atoms with van der Waals surface area (Å²) in [5.74, 6) is 0. The van der Waals surface area contributed by atoms with Crippen molar-refractivity contribution in [2.75, 3.05) is 32.6 Å². The number of ether oxygens (including phenoxy) is 2. The summed E-state index contributed by atoms with van der Waals surface area (Å²) in [5.41, 5.74) is 0.0272. The summed E-state index contributed by atoms with van der Waals surface area (Å²) in [5, 5.41) is 3.71. The van der Waals surface area contributed by atoms with Crippen molar-refractivity contribution < 1.29 is 9.47 Å². The van der Waals surface area contributed by atoms with Crippen molar-refractivity contribution in [2.24, 2.45) is 0 Å². The highest BCUT2D eigenvalue weighted by atomic mass is 32.2. The van der Waals surface area contributed by atoms with Crippen molar-refractivity contribution in [1.29, 1.82) is 0 Å². The van der Waals surface area contributed by atoms with Gasteiger partial charge in [0.1, 0.15) is 0 Å². The van der Waals surface area contributed by atoms with Crippen LogP contribution in [0.3, 0.4) is 0 Å². The molecular weight excluding hydrogens is 234 g/mol. The number of nitrogens with one attached hydrogen (secondary N) is 1. The molecule has 0 aromatic heterocycles. The number of rotatable bonds is 4. The van der Waals surface area contributed by atoms with E-state index in [1.165, 1.54) is 0 Å². The van der Waals surface area contributed by atoms with E-state index in [4.69, 9.17) is 9.47 Å². The molecule has 0 aromatic carbocycles. The van der Waals surface area contributed by atoms with Crippen molar-refractivity contribution in [3.05, 3.63) is 0 Å². The summed E-state index contributed by atoms with van der Waals surface area (Å²) in [6, 6.07) is 0.594.